The maximum atomic E-state index is 13.2. The lowest BCUT2D eigenvalue weighted by atomic mass is 10.1. The molecule has 110 valence electrons. The fraction of sp³-hybridized carbons (Fsp3) is 0.188. The van der Waals surface area contributed by atoms with E-state index in [1.807, 2.05) is 12.1 Å². The molecule has 2 aromatic rings. The molecule has 0 radical (unpaired) electrons. The van der Waals surface area contributed by atoms with Crippen molar-refractivity contribution in [2.45, 2.75) is 19.4 Å². The van der Waals surface area contributed by atoms with Gasteiger partial charge in [-0.3, -0.25) is 4.79 Å². The van der Waals surface area contributed by atoms with Crippen molar-refractivity contribution in [2.24, 2.45) is 0 Å². The Kier molecular flexibility index (Phi) is 5.17. The van der Waals surface area contributed by atoms with Crippen LogP contribution < -0.4 is 5.73 Å². The van der Waals surface area contributed by atoms with E-state index in [-0.39, 0.29) is 24.0 Å². The molecule has 0 aliphatic rings. The molecule has 0 atom stereocenters. The molecule has 0 saturated carbocycles. The Hall–Kier alpha value is -2.07. The number of halogens is 2. The minimum atomic E-state index is -0.521. The number of anilines is 1. The third-order valence-electron chi connectivity index (χ3n) is 3.02. The average molecular weight is 308 g/mol. The molecule has 0 unspecified atom stereocenters. The van der Waals surface area contributed by atoms with Crippen LogP contribution in [0.1, 0.15) is 17.5 Å². The first-order chi connectivity index (χ1) is 10.1. The van der Waals surface area contributed by atoms with Crippen molar-refractivity contribution in [1.29, 1.82) is 0 Å². The molecule has 0 bridgehead atoms. The Morgan fingerprint density at radius 3 is 2.62 bits per heavy atom. The summed E-state index contributed by atoms with van der Waals surface area (Å²) in [5, 5.41) is -0.0103. The number of rotatable bonds is 5. The molecule has 2 rings (SSSR count). The van der Waals surface area contributed by atoms with Crippen LogP contribution in [0, 0.1) is 5.82 Å². The van der Waals surface area contributed by atoms with Gasteiger partial charge in [0.1, 0.15) is 12.4 Å². The minimum absolute atomic E-state index is 0.0103. The van der Waals surface area contributed by atoms with E-state index in [1.54, 1.807) is 18.2 Å². The van der Waals surface area contributed by atoms with Crippen molar-refractivity contribution >= 4 is 23.3 Å². The fourth-order valence-electron chi connectivity index (χ4n) is 1.82. The maximum absolute atomic E-state index is 13.2. The third-order valence-corrected chi connectivity index (χ3v) is 3.44. The SMILES string of the molecule is Nc1ccc(CCC(=O)OCc2cccc(F)c2Cl)cc1. The highest BCUT2D eigenvalue weighted by atomic mass is 35.5. The van der Waals surface area contributed by atoms with Gasteiger partial charge >= 0.3 is 5.97 Å². The molecule has 0 amide bonds. The van der Waals surface area contributed by atoms with E-state index in [4.69, 9.17) is 22.1 Å². The van der Waals surface area contributed by atoms with Crippen LogP contribution >= 0.6 is 11.6 Å². The molecule has 2 N–H and O–H groups in total. The van der Waals surface area contributed by atoms with Crippen LogP contribution in [-0.2, 0) is 22.6 Å². The van der Waals surface area contributed by atoms with E-state index in [9.17, 15) is 9.18 Å². The molecular weight excluding hydrogens is 293 g/mol. The highest BCUT2D eigenvalue weighted by Gasteiger charge is 2.09. The summed E-state index contributed by atoms with van der Waals surface area (Å²) in [6.45, 7) is -0.0306. The van der Waals surface area contributed by atoms with Gasteiger partial charge in [-0.05, 0) is 30.2 Å². The lowest BCUT2D eigenvalue weighted by molar-refractivity contribution is -0.144. The molecular formula is C16H15ClFNO2. The molecule has 0 spiro atoms. The minimum Gasteiger partial charge on any atom is -0.461 e. The zero-order valence-electron chi connectivity index (χ0n) is 11.3. The summed E-state index contributed by atoms with van der Waals surface area (Å²) in [6.07, 6.45) is 0.812. The summed E-state index contributed by atoms with van der Waals surface area (Å²) in [6, 6.07) is 11.7. The van der Waals surface area contributed by atoms with Gasteiger partial charge in [0.2, 0.25) is 0 Å². The van der Waals surface area contributed by atoms with Crippen LogP contribution in [0.3, 0.4) is 0 Å². The molecule has 2 aromatic carbocycles. The molecule has 21 heavy (non-hydrogen) atoms. The molecule has 5 heteroatoms. The van der Waals surface area contributed by atoms with Gasteiger partial charge in [-0.15, -0.1) is 0 Å². The first kappa shape index (κ1) is 15.3. The Bertz CT molecular complexity index is 629. The quantitative estimate of drug-likeness (QED) is 0.676. The van der Waals surface area contributed by atoms with E-state index in [1.165, 1.54) is 12.1 Å². The molecule has 3 nitrogen and oxygen atoms in total. The predicted octanol–water partition coefficient (Wildman–Crippen LogP) is 3.74. The Balaban J connectivity index is 1.82. The molecule has 0 fully saturated rings. The number of carbonyl (C=O) groups excluding carboxylic acids is 1. The second-order valence-electron chi connectivity index (χ2n) is 4.62. The van der Waals surface area contributed by atoms with Gasteiger partial charge in [0.05, 0.1) is 5.02 Å². The van der Waals surface area contributed by atoms with E-state index < -0.39 is 5.82 Å². The number of nitrogen functional groups attached to an aromatic ring is 1. The zero-order chi connectivity index (χ0) is 15.2. The number of hydrogen-bond donors (Lipinski definition) is 1. The van der Waals surface area contributed by atoms with Crippen LogP contribution in [0.4, 0.5) is 10.1 Å². The topological polar surface area (TPSA) is 52.3 Å². The third kappa shape index (κ3) is 4.46. The van der Waals surface area contributed by atoms with Crippen molar-refractivity contribution in [1.82, 2.24) is 0 Å². The molecule has 0 aromatic heterocycles. The Morgan fingerprint density at radius 2 is 1.90 bits per heavy atom. The first-order valence-electron chi connectivity index (χ1n) is 6.49. The van der Waals surface area contributed by atoms with Crippen molar-refractivity contribution in [2.75, 3.05) is 5.73 Å². The second-order valence-corrected chi connectivity index (χ2v) is 4.99. The maximum Gasteiger partial charge on any atom is 0.306 e. The van der Waals surface area contributed by atoms with Crippen molar-refractivity contribution in [3.8, 4) is 0 Å². The summed E-state index contributed by atoms with van der Waals surface area (Å²) in [4.78, 5) is 11.7. The summed E-state index contributed by atoms with van der Waals surface area (Å²) in [5.41, 5.74) is 7.73. The number of hydrogen-bond acceptors (Lipinski definition) is 3. The van der Waals surface area contributed by atoms with E-state index in [2.05, 4.69) is 0 Å². The van der Waals surface area contributed by atoms with Crippen LogP contribution in [-0.4, -0.2) is 5.97 Å². The number of esters is 1. The second kappa shape index (κ2) is 7.09. The van der Waals surface area contributed by atoms with Crippen molar-refractivity contribution in [3.63, 3.8) is 0 Å². The van der Waals surface area contributed by atoms with Gasteiger partial charge in [-0.2, -0.15) is 0 Å². The van der Waals surface area contributed by atoms with E-state index in [0.717, 1.165) is 5.56 Å². The van der Waals surface area contributed by atoms with Crippen molar-refractivity contribution in [3.05, 3.63) is 64.4 Å². The standard InChI is InChI=1S/C16H15ClFNO2/c17-16-12(2-1-3-14(16)18)10-21-15(20)9-6-11-4-7-13(19)8-5-11/h1-5,7-8H,6,9-10,19H2. The van der Waals surface area contributed by atoms with E-state index >= 15 is 0 Å². The lowest BCUT2D eigenvalue weighted by Crippen LogP contribution is -2.06. The Labute approximate surface area is 127 Å². The number of carbonyl (C=O) groups is 1. The van der Waals surface area contributed by atoms with Crippen LogP contribution in [0.15, 0.2) is 42.5 Å². The van der Waals surface area contributed by atoms with Crippen molar-refractivity contribution < 1.29 is 13.9 Å². The van der Waals surface area contributed by atoms with Crippen LogP contribution in [0.2, 0.25) is 5.02 Å². The summed E-state index contributed by atoms with van der Waals surface area (Å²) >= 11 is 5.79. The average Bonchev–Trinajstić information content (AvgIpc) is 2.48. The van der Waals surface area contributed by atoms with Gasteiger partial charge in [-0.25, -0.2) is 4.39 Å². The normalized spacial score (nSPS) is 10.4. The monoisotopic (exact) mass is 307 g/mol. The number of benzene rings is 2. The first-order valence-corrected chi connectivity index (χ1v) is 6.87. The highest BCUT2D eigenvalue weighted by molar-refractivity contribution is 6.31. The van der Waals surface area contributed by atoms with Crippen LogP contribution in [0.25, 0.3) is 0 Å². The van der Waals surface area contributed by atoms with Gasteiger partial charge < -0.3 is 10.5 Å². The number of ether oxygens (including phenoxy) is 1. The van der Waals surface area contributed by atoms with E-state index in [0.29, 0.717) is 17.7 Å². The summed E-state index contributed by atoms with van der Waals surface area (Å²) in [5.74, 6) is -0.876. The smallest absolute Gasteiger partial charge is 0.306 e. The molecule has 0 aliphatic heterocycles. The highest BCUT2D eigenvalue weighted by Crippen LogP contribution is 2.20. The molecule has 0 aliphatic carbocycles. The lowest BCUT2D eigenvalue weighted by Gasteiger charge is -2.07. The van der Waals surface area contributed by atoms with Gasteiger partial charge in [0.15, 0.2) is 0 Å². The number of nitrogens with two attached hydrogens (primary N) is 1. The van der Waals surface area contributed by atoms with Gasteiger partial charge in [0.25, 0.3) is 0 Å². The van der Waals surface area contributed by atoms with Gasteiger partial charge in [-0.1, -0.05) is 35.9 Å². The Morgan fingerprint density at radius 1 is 1.19 bits per heavy atom. The summed E-state index contributed by atoms with van der Waals surface area (Å²) in [7, 11) is 0. The van der Waals surface area contributed by atoms with Gasteiger partial charge in [0, 0.05) is 17.7 Å². The number of aryl methyl sites for hydroxylation is 1. The fourth-order valence-corrected chi connectivity index (χ4v) is 2.00. The molecule has 0 heterocycles. The summed E-state index contributed by atoms with van der Waals surface area (Å²) < 4.78 is 18.3. The molecule has 0 saturated heterocycles. The zero-order valence-corrected chi connectivity index (χ0v) is 12.1. The predicted molar refractivity (Wildman–Crippen MR) is 80.4 cm³/mol. The van der Waals surface area contributed by atoms with Crippen LogP contribution in [0.5, 0.6) is 0 Å². The largest absolute Gasteiger partial charge is 0.461 e.